The van der Waals surface area contributed by atoms with Crippen LogP contribution in [0.3, 0.4) is 0 Å². The lowest BCUT2D eigenvalue weighted by atomic mass is 9.99. The van der Waals surface area contributed by atoms with E-state index in [0.717, 1.165) is 0 Å². The molecule has 13 heteroatoms. The number of ether oxygens (including phenoxy) is 6. The quantitative estimate of drug-likeness (QED) is 0.266. The molecule has 3 aromatic rings. The number of phenols is 1. The number of benzene rings is 2. The summed E-state index contributed by atoms with van der Waals surface area (Å²) in [6.45, 7) is -0.617. The first-order valence-electron chi connectivity index (χ1n) is 11.3. The van der Waals surface area contributed by atoms with E-state index < -0.39 is 48.5 Å². The van der Waals surface area contributed by atoms with Gasteiger partial charge in [0.2, 0.25) is 23.2 Å². The maximum absolute atomic E-state index is 13.3. The van der Waals surface area contributed by atoms with Crippen LogP contribution in [0.4, 0.5) is 0 Å². The first-order valence-corrected chi connectivity index (χ1v) is 11.3. The second-order valence-electron chi connectivity index (χ2n) is 8.31. The van der Waals surface area contributed by atoms with Crippen LogP contribution in [-0.4, -0.2) is 91.3 Å². The van der Waals surface area contributed by atoms with Crippen molar-refractivity contribution >= 4 is 11.0 Å². The average Bonchev–Trinajstić information content (AvgIpc) is 2.92. The molecule has 5 atom stereocenters. The van der Waals surface area contributed by atoms with Crippen LogP contribution >= 0.6 is 0 Å². The van der Waals surface area contributed by atoms with E-state index in [-0.39, 0.29) is 45.5 Å². The Kier molecular flexibility index (Phi) is 7.85. The lowest BCUT2D eigenvalue weighted by Gasteiger charge is -2.39. The lowest BCUT2D eigenvalue weighted by Crippen LogP contribution is -2.60. The summed E-state index contributed by atoms with van der Waals surface area (Å²) < 4.78 is 38.2. The van der Waals surface area contributed by atoms with Crippen LogP contribution in [0.15, 0.2) is 33.5 Å². The number of phenolic OH excluding ortho intramolecular Hbond substituents is 1. The summed E-state index contributed by atoms with van der Waals surface area (Å²) in [7, 11) is 5.30. The minimum atomic E-state index is -1.63. The van der Waals surface area contributed by atoms with E-state index in [1.807, 2.05) is 0 Å². The topological polar surface area (TPSA) is 187 Å². The van der Waals surface area contributed by atoms with Gasteiger partial charge in [-0.25, -0.2) is 0 Å². The van der Waals surface area contributed by atoms with E-state index in [2.05, 4.69) is 0 Å². The van der Waals surface area contributed by atoms with Gasteiger partial charge in [0.25, 0.3) is 0 Å². The molecular formula is C25H28O13. The summed E-state index contributed by atoms with van der Waals surface area (Å²) in [5.74, 6) is -0.373. The molecule has 5 N–H and O–H groups in total. The fourth-order valence-electron chi connectivity index (χ4n) is 4.20. The third-order valence-corrected chi connectivity index (χ3v) is 6.18. The highest BCUT2D eigenvalue weighted by Crippen LogP contribution is 2.44. The van der Waals surface area contributed by atoms with Gasteiger partial charge in [0, 0.05) is 11.6 Å². The first kappa shape index (κ1) is 27.3. The van der Waals surface area contributed by atoms with E-state index >= 15 is 0 Å². The van der Waals surface area contributed by atoms with Crippen LogP contribution in [0.1, 0.15) is 0 Å². The second kappa shape index (κ2) is 10.9. The molecule has 0 aliphatic carbocycles. The van der Waals surface area contributed by atoms with Gasteiger partial charge in [-0.2, -0.15) is 0 Å². The standard InChI is InChI=1S/C25H28O13/c1-32-12-7-10(5-6-11(12)37-25-21(31)20(30)17(27)15(9-26)38-25)22-24(35-4)19(29)16-13(36-22)8-14(33-2)23(34-3)18(16)28/h5-8,15,17,20-21,25-28,30-31H,9H2,1-4H3/t15?,17-,20?,21?,25-/m0/s1. The van der Waals surface area contributed by atoms with Crippen molar-refractivity contribution in [2.75, 3.05) is 35.0 Å². The summed E-state index contributed by atoms with van der Waals surface area (Å²) in [4.78, 5) is 13.3. The number of hydrogen-bond donors (Lipinski definition) is 5. The van der Waals surface area contributed by atoms with E-state index in [9.17, 15) is 30.3 Å². The molecule has 0 amide bonds. The average molecular weight is 536 g/mol. The number of aliphatic hydroxyl groups is 4. The van der Waals surface area contributed by atoms with Gasteiger partial charge in [0.15, 0.2) is 28.8 Å². The monoisotopic (exact) mass is 536 g/mol. The predicted molar refractivity (Wildman–Crippen MR) is 130 cm³/mol. The molecule has 1 aliphatic heterocycles. The zero-order valence-electron chi connectivity index (χ0n) is 20.9. The zero-order chi connectivity index (χ0) is 27.7. The van der Waals surface area contributed by atoms with Crippen LogP contribution in [0.2, 0.25) is 0 Å². The predicted octanol–water partition coefficient (Wildman–Crippen LogP) is 0.379. The number of aromatic hydroxyl groups is 1. The van der Waals surface area contributed by atoms with Crippen molar-refractivity contribution in [1.29, 1.82) is 0 Å². The lowest BCUT2D eigenvalue weighted by molar-refractivity contribution is -0.277. The summed E-state index contributed by atoms with van der Waals surface area (Å²) in [6.07, 6.45) is -7.40. The summed E-state index contributed by atoms with van der Waals surface area (Å²) in [6, 6.07) is 5.80. The highest BCUT2D eigenvalue weighted by Gasteiger charge is 2.45. The van der Waals surface area contributed by atoms with Crippen LogP contribution in [0.5, 0.6) is 34.5 Å². The van der Waals surface area contributed by atoms with Crippen molar-refractivity contribution in [1.82, 2.24) is 0 Å². The van der Waals surface area contributed by atoms with Crippen LogP contribution < -0.4 is 29.1 Å². The minimum Gasteiger partial charge on any atom is -0.504 e. The van der Waals surface area contributed by atoms with Gasteiger partial charge in [-0.15, -0.1) is 0 Å². The zero-order valence-corrected chi connectivity index (χ0v) is 20.9. The Morgan fingerprint density at radius 3 is 2.13 bits per heavy atom. The molecule has 3 unspecified atom stereocenters. The third-order valence-electron chi connectivity index (χ3n) is 6.18. The molecule has 0 saturated carbocycles. The Bertz CT molecular complexity index is 1370. The van der Waals surface area contributed by atoms with Crippen molar-refractivity contribution in [2.24, 2.45) is 0 Å². The number of methoxy groups -OCH3 is 4. The van der Waals surface area contributed by atoms with E-state index in [1.54, 1.807) is 0 Å². The first-order chi connectivity index (χ1) is 18.2. The normalized spacial score (nSPS) is 23.2. The second-order valence-corrected chi connectivity index (χ2v) is 8.31. The van der Waals surface area contributed by atoms with Crippen LogP contribution in [0.25, 0.3) is 22.3 Å². The SMILES string of the molecule is COc1cc(-c2oc3cc(OC)c(OC)c(O)c3c(=O)c2OC)ccc1O[C@H]1OC(CO)[C@H](O)C(O)C1O. The van der Waals surface area contributed by atoms with Crippen molar-refractivity contribution in [3.8, 4) is 45.8 Å². The molecule has 1 saturated heterocycles. The van der Waals surface area contributed by atoms with Crippen LogP contribution in [0, 0.1) is 0 Å². The smallest absolute Gasteiger partial charge is 0.239 e. The molecule has 0 bridgehead atoms. The van der Waals surface area contributed by atoms with Crippen molar-refractivity contribution < 1.29 is 58.4 Å². The molecule has 1 aromatic heterocycles. The largest absolute Gasteiger partial charge is 0.504 e. The van der Waals surface area contributed by atoms with Gasteiger partial charge < -0.3 is 58.4 Å². The molecule has 0 radical (unpaired) electrons. The molecule has 1 aliphatic rings. The maximum Gasteiger partial charge on any atom is 0.239 e. The number of fused-ring (bicyclic) bond motifs is 1. The highest BCUT2D eigenvalue weighted by atomic mass is 16.7. The molecule has 2 heterocycles. The Morgan fingerprint density at radius 2 is 1.53 bits per heavy atom. The fourth-order valence-corrected chi connectivity index (χ4v) is 4.20. The molecule has 1 fully saturated rings. The number of rotatable bonds is 8. The molecule has 206 valence electrons. The molecular weight excluding hydrogens is 508 g/mol. The number of hydrogen-bond acceptors (Lipinski definition) is 13. The fraction of sp³-hybridized carbons (Fsp3) is 0.400. The van der Waals surface area contributed by atoms with Gasteiger partial charge in [-0.05, 0) is 18.2 Å². The van der Waals surface area contributed by atoms with E-state index in [0.29, 0.717) is 5.56 Å². The Morgan fingerprint density at radius 1 is 0.842 bits per heavy atom. The van der Waals surface area contributed by atoms with Gasteiger partial charge in [-0.1, -0.05) is 0 Å². The van der Waals surface area contributed by atoms with E-state index in [4.69, 9.17) is 32.8 Å². The summed E-state index contributed by atoms with van der Waals surface area (Å²) in [5, 5.41) is 50.2. The van der Waals surface area contributed by atoms with Crippen LogP contribution in [-0.2, 0) is 4.74 Å². The van der Waals surface area contributed by atoms with Gasteiger partial charge in [-0.3, -0.25) is 4.79 Å². The van der Waals surface area contributed by atoms with Crippen molar-refractivity contribution in [2.45, 2.75) is 30.7 Å². The van der Waals surface area contributed by atoms with Gasteiger partial charge >= 0.3 is 0 Å². The third kappa shape index (κ3) is 4.54. The summed E-state index contributed by atoms with van der Waals surface area (Å²) >= 11 is 0. The molecule has 13 nitrogen and oxygen atoms in total. The van der Waals surface area contributed by atoms with E-state index in [1.165, 1.54) is 52.7 Å². The van der Waals surface area contributed by atoms with Gasteiger partial charge in [0.05, 0.1) is 35.0 Å². The minimum absolute atomic E-state index is 0.00145. The van der Waals surface area contributed by atoms with Gasteiger partial charge in [0.1, 0.15) is 35.4 Å². The molecule has 38 heavy (non-hydrogen) atoms. The molecule has 0 spiro atoms. The van der Waals surface area contributed by atoms with Crippen molar-refractivity contribution in [3.05, 3.63) is 34.5 Å². The molecule has 2 aromatic carbocycles. The van der Waals surface area contributed by atoms with Crippen molar-refractivity contribution in [3.63, 3.8) is 0 Å². The Labute approximate surface area is 215 Å². The Balaban J connectivity index is 1.78. The number of aliphatic hydroxyl groups excluding tert-OH is 4. The Hall–Kier alpha value is -3.75. The molecule has 4 rings (SSSR count). The summed E-state index contributed by atoms with van der Waals surface area (Å²) in [5.41, 5.74) is -0.336. The highest BCUT2D eigenvalue weighted by molar-refractivity contribution is 5.91. The maximum atomic E-state index is 13.3.